The number of methoxy groups -OCH3 is 1. The summed E-state index contributed by atoms with van der Waals surface area (Å²) in [4.78, 5) is 38.2. The first-order valence-electron chi connectivity index (χ1n) is 8.53. The summed E-state index contributed by atoms with van der Waals surface area (Å²) in [6.07, 6.45) is 0. The van der Waals surface area contributed by atoms with Crippen LogP contribution < -0.4 is 15.4 Å². The molecule has 2 aromatic carbocycles. The summed E-state index contributed by atoms with van der Waals surface area (Å²) in [5.41, 5.74) is 0.350. The van der Waals surface area contributed by atoms with E-state index in [0.717, 1.165) is 10.5 Å². The Morgan fingerprint density at radius 2 is 1.89 bits per heavy atom. The fraction of sp³-hybridized carbons (Fsp3) is 0.250. The van der Waals surface area contributed by atoms with Crippen LogP contribution in [-0.4, -0.2) is 36.4 Å². The van der Waals surface area contributed by atoms with Crippen molar-refractivity contribution in [1.29, 1.82) is 0 Å². The van der Waals surface area contributed by atoms with E-state index in [4.69, 9.17) is 4.74 Å². The van der Waals surface area contributed by atoms with Crippen molar-refractivity contribution < 1.29 is 19.1 Å². The van der Waals surface area contributed by atoms with Gasteiger partial charge in [-0.2, -0.15) is 0 Å². The van der Waals surface area contributed by atoms with Crippen molar-refractivity contribution in [3.63, 3.8) is 0 Å². The molecular formula is C20H21N3O4. The number of imide groups is 1. The molecule has 2 aromatic rings. The maximum Gasteiger partial charge on any atom is 0.325 e. The standard InChI is InChI=1S/C20H21N3O4/c1-20(15-8-4-3-5-9-15)18(25)23(19(26)22-20)13-17(24)21-12-14-7-6-10-16(11-14)27-2/h3-11H,12-13H2,1-2H3,(H,21,24)(H,22,26)/t20-/m1/s1. The topological polar surface area (TPSA) is 87.7 Å². The van der Waals surface area contributed by atoms with E-state index in [2.05, 4.69) is 10.6 Å². The Morgan fingerprint density at radius 3 is 2.59 bits per heavy atom. The lowest BCUT2D eigenvalue weighted by atomic mass is 9.92. The van der Waals surface area contributed by atoms with E-state index in [9.17, 15) is 14.4 Å². The lowest BCUT2D eigenvalue weighted by Crippen LogP contribution is -2.43. The molecular weight excluding hydrogens is 346 g/mol. The number of hydrogen-bond acceptors (Lipinski definition) is 4. The van der Waals surface area contributed by atoms with E-state index in [1.165, 1.54) is 0 Å². The average Bonchev–Trinajstić information content (AvgIpc) is 2.91. The quantitative estimate of drug-likeness (QED) is 0.762. The first-order valence-corrected chi connectivity index (χ1v) is 8.53. The van der Waals surface area contributed by atoms with Crippen molar-refractivity contribution in [2.45, 2.75) is 19.0 Å². The van der Waals surface area contributed by atoms with Gasteiger partial charge in [-0.1, -0.05) is 42.5 Å². The molecule has 1 heterocycles. The van der Waals surface area contributed by atoms with Crippen molar-refractivity contribution in [2.75, 3.05) is 13.7 Å². The Bertz CT molecular complexity index is 869. The summed E-state index contributed by atoms with van der Waals surface area (Å²) in [7, 11) is 1.57. The monoisotopic (exact) mass is 367 g/mol. The molecule has 0 saturated carbocycles. The lowest BCUT2D eigenvalue weighted by Gasteiger charge is -2.22. The minimum atomic E-state index is -1.18. The second-order valence-corrected chi connectivity index (χ2v) is 6.44. The molecule has 0 bridgehead atoms. The average molecular weight is 367 g/mol. The first kappa shape index (κ1) is 18.4. The summed E-state index contributed by atoms with van der Waals surface area (Å²) in [5.74, 6) is -0.177. The van der Waals surface area contributed by atoms with E-state index in [0.29, 0.717) is 11.3 Å². The van der Waals surface area contributed by atoms with Crippen LogP contribution in [0.1, 0.15) is 18.1 Å². The van der Waals surface area contributed by atoms with E-state index in [1.54, 1.807) is 44.4 Å². The highest BCUT2D eigenvalue weighted by Crippen LogP contribution is 2.28. The predicted octanol–water partition coefficient (Wildman–Crippen LogP) is 1.78. The third-order valence-electron chi connectivity index (χ3n) is 4.55. The molecule has 1 atom stereocenters. The molecule has 0 spiro atoms. The van der Waals surface area contributed by atoms with E-state index in [-0.39, 0.29) is 13.1 Å². The van der Waals surface area contributed by atoms with Crippen molar-refractivity contribution >= 4 is 17.8 Å². The highest BCUT2D eigenvalue weighted by atomic mass is 16.5. The maximum absolute atomic E-state index is 12.8. The number of hydrogen-bond donors (Lipinski definition) is 2. The van der Waals surface area contributed by atoms with Crippen LogP contribution in [0.15, 0.2) is 54.6 Å². The highest BCUT2D eigenvalue weighted by molar-refractivity contribution is 6.09. The van der Waals surface area contributed by atoms with Crippen LogP contribution in [0.2, 0.25) is 0 Å². The van der Waals surface area contributed by atoms with Crippen LogP contribution in [0.3, 0.4) is 0 Å². The summed E-state index contributed by atoms with van der Waals surface area (Å²) in [6.45, 7) is 1.57. The van der Waals surface area contributed by atoms with Crippen molar-refractivity contribution in [1.82, 2.24) is 15.5 Å². The molecule has 0 radical (unpaired) electrons. The fourth-order valence-corrected chi connectivity index (χ4v) is 2.99. The van der Waals surface area contributed by atoms with Gasteiger partial charge in [0.2, 0.25) is 5.91 Å². The lowest BCUT2D eigenvalue weighted by molar-refractivity contribution is -0.134. The maximum atomic E-state index is 12.8. The molecule has 1 fully saturated rings. The van der Waals surface area contributed by atoms with Gasteiger partial charge in [0.1, 0.15) is 17.8 Å². The Morgan fingerprint density at radius 1 is 1.15 bits per heavy atom. The Hall–Kier alpha value is -3.35. The molecule has 2 N–H and O–H groups in total. The van der Waals surface area contributed by atoms with Gasteiger partial charge in [-0.15, -0.1) is 0 Å². The Balaban J connectivity index is 1.64. The van der Waals surface area contributed by atoms with Crippen LogP contribution >= 0.6 is 0 Å². The summed E-state index contributed by atoms with van der Waals surface area (Å²) in [6, 6.07) is 15.7. The van der Waals surface area contributed by atoms with E-state index >= 15 is 0 Å². The van der Waals surface area contributed by atoms with Gasteiger partial charge in [-0.3, -0.25) is 14.5 Å². The molecule has 0 aliphatic carbocycles. The number of urea groups is 1. The number of rotatable bonds is 6. The van der Waals surface area contributed by atoms with E-state index in [1.807, 2.05) is 24.3 Å². The van der Waals surface area contributed by atoms with Crippen molar-refractivity contribution in [3.8, 4) is 5.75 Å². The number of amides is 4. The molecule has 0 aromatic heterocycles. The molecule has 4 amide bonds. The van der Waals surface area contributed by atoms with Crippen LogP contribution in [-0.2, 0) is 21.7 Å². The van der Waals surface area contributed by atoms with Crippen LogP contribution in [0.5, 0.6) is 5.75 Å². The zero-order valence-corrected chi connectivity index (χ0v) is 15.2. The number of nitrogens with one attached hydrogen (secondary N) is 2. The molecule has 140 valence electrons. The summed E-state index contributed by atoms with van der Waals surface area (Å²) < 4.78 is 5.14. The Kier molecular flexibility index (Phi) is 5.12. The molecule has 0 unspecified atom stereocenters. The van der Waals surface area contributed by atoms with Gasteiger partial charge in [0.15, 0.2) is 0 Å². The van der Waals surface area contributed by atoms with Crippen LogP contribution in [0.4, 0.5) is 4.79 Å². The van der Waals surface area contributed by atoms with Gasteiger partial charge in [0.25, 0.3) is 5.91 Å². The second kappa shape index (κ2) is 7.49. The van der Waals surface area contributed by atoms with Crippen molar-refractivity contribution in [2.24, 2.45) is 0 Å². The minimum Gasteiger partial charge on any atom is -0.497 e. The number of ether oxygens (including phenoxy) is 1. The zero-order valence-electron chi connectivity index (χ0n) is 15.2. The fourth-order valence-electron chi connectivity index (χ4n) is 2.99. The smallest absolute Gasteiger partial charge is 0.325 e. The van der Waals surface area contributed by atoms with Gasteiger partial charge in [-0.25, -0.2) is 4.79 Å². The third-order valence-corrected chi connectivity index (χ3v) is 4.55. The van der Waals surface area contributed by atoms with Gasteiger partial charge in [-0.05, 0) is 30.2 Å². The Labute approximate surface area is 157 Å². The second-order valence-electron chi connectivity index (χ2n) is 6.44. The molecule has 7 nitrogen and oxygen atoms in total. The van der Waals surface area contributed by atoms with Crippen LogP contribution in [0.25, 0.3) is 0 Å². The van der Waals surface area contributed by atoms with E-state index < -0.39 is 23.4 Å². The summed E-state index contributed by atoms with van der Waals surface area (Å²) >= 11 is 0. The number of carbonyl (C=O) groups is 3. The number of benzene rings is 2. The van der Waals surface area contributed by atoms with Gasteiger partial charge in [0, 0.05) is 6.54 Å². The highest BCUT2D eigenvalue weighted by Gasteiger charge is 2.49. The largest absolute Gasteiger partial charge is 0.497 e. The van der Waals surface area contributed by atoms with Crippen LogP contribution in [0, 0.1) is 0 Å². The number of nitrogens with zero attached hydrogens (tertiary/aromatic N) is 1. The summed E-state index contributed by atoms with van der Waals surface area (Å²) in [5, 5.41) is 5.40. The number of carbonyl (C=O) groups excluding carboxylic acids is 3. The van der Waals surface area contributed by atoms with Gasteiger partial charge in [0.05, 0.1) is 7.11 Å². The molecule has 1 saturated heterocycles. The first-order chi connectivity index (χ1) is 12.9. The van der Waals surface area contributed by atoms with Crippen molar-refractivity contribution in [3.05, 3.63) is 65.7 Å². The minimum absolute atomic E-state index is 0.273. The molecule has 7 heteroatoms. The predicted molar refractivity (Wildman–Crippen MR) is 98.9 cm³/mol. The molecule has 1 aliphatic rings. The van der Waals surface area contributed by atoms with Gasteiger partial charge < -0.3 is 15.4 Å². The normalized spacial score (nSPS) is 19.0. The molecule has 27 heavy (non-hydrogen) atoms. The zero-order chi connectivity index (χ0) is 19.4. The molecule has 3 rings (SSSR count). The van der Waals surface area contributed by atoms with Gasteiger partial charge >= 0.3 is 6.03 Å². The molecule has 1 aliphatic heterocycles. The third kappa shape index (κ3) is 3.76. The SMILES string of the molecule is COc1cccc(CNC(=O)CN2C(=O)N[C@](C)(c3ccccc3)C2=O)c1.